The van der Waals surface area contributed by atoms with Gasteiger partial charge in [0.05, 0.1) is 18.2 Å². The molecule has 2 aromatic heterocycles. The van der Waals surface area contributed by atoms with Crippen LogP contribution in [0.4, 0.5) is 0 Å². The van der Waals surface area contributed by atoms with Crippen LogP contribution >= 0.6 is 0 Å². The Balaban J connectivity index is 1.72. The summed E-state index contributed by atoms with van der Waals surface area (Å²) >= 11 is 0. The summed E-state index contributed by atoms with van der Waals surface area (Å²) in [6.07, 6.45) is 1.32. The van der Waals surface area contributed by atoms with Crippen molar-refractivity contribution in [3.8, 4) is 11.3 Å². The summed E-state index contributed by atoms with van der Waals surface area (Å²) in [6, 6.07) is 12.0. The summed E-state index contributed by atoms with van der Waals surface area (Å²) in [5.74, 6) is -0.00710. The molecule has 0 aliphatic carbocycles. The molecular formula is C22H28N4O2. The van der Waals surface area contributed by atoms with Gasteiger partial charge in [0.25, 0.3) is 0 Å². The summed E-state index contributed by atoms with van der Waals surface area (Å²) in [6.45, 7) is 9.21. The van der Waals surface area contributed by atoms with Crippen LogP contribution in [0.15, 0.2) is 36.4 Å². The number of benzene rings is 1. The Kier molecular flexibility index (Phi) is 6.41. The molecule has 0 saturated carbocycles. The van der Waals surface area contributed by atoms with Crippen LogP contribution in [0.3, 0.4) is 0 Å². The van der Waals surface area contributed by atoms with E-state index in [1.807, 2.05) is 68.6 Å². The van der Waals surface area contributed by atoms with Gasteiger partial charge < -0.3 is 10.1 Å². The molecule has 6 nitrogen and oxygen atoms in total. The van der Waals surface area contributed by atoms with Crippen LogP contribution in [0.25, 0.3) is 16.9 Å². The van der Waals surface area contributed by atoms with Gasteiger partial charge in [-0.05, 0) is 34.1 Å². The Bertz CT molecular complexity index is 948. The number of hydrogen-bond donors (Lipinski definition) is 1. The zero-order valence-electron chi connectivity index (χ0n) is 17.0. The summed E-state index contributed by atoms with van der Waals surface area (Å²) in [5.41, 5.74) is 5.45. The zero-order valence-corrected chi connectivity index (χ0v) is 17.0. The zero-order chi connectivity index (χ0) is 20.1. The maximum atomic E-state index is 12.4. The van der Waals surface area contributed by atoms with Gasteiger partial charge in [0, 0.05) is 41.7 Å². The molecular weight excluding hydrogens is 352 g/mol. The predicted molar refractivity (Wildman–Crippen MR) is 110 cm³/mol. The molecule has 0 saturated heterocycles. The highest BCUT2D eigenvalue weighted by Gasteiger charge is 2.15. The Morgan fingerprint density at radius 2 is 1.96 bits per heavy atom. The Morgan fingerprint density at radius 3 is 2.68 bits per heavy atom. The first-order valence-corrected chi connectivity index (χ1v) is 9.75. The first-order chi connectivity index (χ1) is 13.5. The van der Waals surface area contributed by atoms with Crippen LogP contribution in [0.1, 0.15) is 37.2 Å². The number of nitrogens with one attached hydrogen (secondary N) is 1. The molecule has 0 radical (unpaired) electrons. The predicted octanol–water partition coefficient (Wildman–Crippen LogP) is 3.49. The molecule has 0 aliphatic rings. The van der Waals surface area contributed by atoms with E-state index in [0.717, 1.165) is 40.3 Å². The van der Waals surface area contributed by atoms with Crippen LogP contribution in [-0.2, 0) is 16.0 Å². The van der Waals surface area contributed by atoms with E-state index in [1.165, 1.54) is 0 Å². The van der Waals surface area contributed by atoms with E-state index in [0.29, 0.717) is 19.6 Å². The molecule has 3 rings (SSSR count). The van der Waals surface area contributed by atoms with Gasteiger partial charge in [-0.25, -0.2) is 9.50 Å². The lowest BCUT2D eigenvalue weighted by Crippen LogP contribution is -2.28. The van der Waals surface area contributed by atoms with Crippen LogP contribution in [0.5, 0.6) is 0 Å². The number of nitrogens with zero attached hydrogens (tertiary/aromatic N) is 3. The van der Waals surface area contributed by atoms with Crippen molar-refractivity contribution in [2.75, 3.05) is 13.2 Å². The molecule has 0 bridgehead atoms. The van der Waals surface area contributed by atoms with Crippen molar-refractivity contribution in [1.29, 1.82) is 0 Å². The lowest BCUT2D eigenvalue weighted by molar-refractivity contribution is -0.120. The van der Waals surface area contributed by atoms with E-state index < -0.39 is 0 Å². The SMILES string of the molecule is Cc1nc2cc(-c3ccccc3)nn2c(C)c1CC(=O)NCCCOC(C)C. The third-order valence-electron chi connectivity index (χ3n) is 4.67. The molecule has 1 N–H and O–H groups in total. The Morgan fingerprint density at radius 1 is 1.21 bits per heavy atom. The van der Waals surface area contributed by atoms with Gasteiger partial charge in [-0.15, -0.1) is 0 Å². The summed E-state index contributed by atoms with van der Waals surface area (Å²) < 4.78 is 7.32. The molecule has 0 fully saturated rings. The van der Waals surface area contributed by atoms with Crippen LogP contribution < -0.4 is 5.32 Å². The van der Waals surface area contributed by atoms with Crippen molar-refractivity contribution in [2.45, 2.75) is 46.6 Å². The standard InChI is InChI=1S/C22H28N4O2/c1-15(2)28-12-8-11-23-22(27)13-19-16(3)24-21-14-20(25-26(21)17(19)4)18-9-6-5-7-10-18/h5-7,9-10,14-15H,8,11-13H2,1-4H3,(H,23,27). The number of carbonyl (C=O) groups is 1. The lowest BCUT2D eigenvalue weighted by Gasteiger charge is -2.12. The maximum Gasteiger partial charge on any atom is 0.224 e. The van der Waals surface area contributed by atoms with E-state index in [4.69, 9.17) is 9.84 Å². The minimum absolute atomic E-state index is 0.00710. The van der Waals surface area contributed by atoms with Gasteiger partial charge in [0.1, 0.15) is 0 Å². The molecule has 0 spiro atoms. The molecule has 2 heterocycles. The molecule has 0 unspecified atom stereocenters. The van der Waals surface area contributed by atoms with Gasteiger partial charge in [-0.2, -0.15) is 5.10 Å². The number of ether oxygens (including phenoxy) is 1. The lowest BCUT2D eigenvalue weighted by atomic mass is 10.1. The number of aryl methyl sites for hydroxylation is 2. The molecule has 148 valence electrons. The van der Waals surface area contributed by atoms with Crippen LogP contribution in [0.2, 0.25) is 0 Å². The topological polar surface area (TPSA) is 68.5 Å². The molecule has 1 amide bonds. The summed E-state index contributed by atoms with van der Waals surface area (Å²) in [4.78, 5) is 17.0. The fraction of sp³-hybridized carbons (Fsp3) is 0.409. The second-order valence-corrected chi connectivity index (χ2v) is 7.23. The van der Waals surface area contributed by atoms with Crippen molar-refractivity contribution in [3.05, 3.63) is 53.3 Å². The van der Waals surface area contributed by atoms with Crippen molar-refractivity contribution < 1.29 is 9.53 Å². The van der Waals surface area contributed by atoms with Gasteiger partial charge >= 0.3 is 0 Å². The van der Waals surface area contributed by atoms with Crippen LogP contribution in [-0.4, -0.2) is 39.8 Å². The first-order valence-electron chi connectivity index (χ1n) is 9.75. The highest BCUT2D eigenvalue weighted by Crippen LogP contribution is 2.22. The largest absolute Gasteiger partial charge is 0.379 e. The smallest absolute Gasteiger partial charge is 0.224 e. The summed E-state index contributed by atoms with van der Waals surface area (Å²) in [7, 11) is 0. The monoisotopic (exact) mass is 380 g/mol. The molecule has 28 heavy (non-hydrogen) atoms. The first kappa shape index (κ1) is 20.0. The van der Waals surface area contributed by atoms with E-state index in [2.05, 4.69) is 10.3 Å². The normalized spacial score (nSPS) is 11.3. The number of fused-ring (bicyclic) bond motifs is 1. The van der Waals surface area contributed by atoms with Crippen molar-refractivity contribution >= 4 is 11.6 Å². The quantitative estimate of drug-likeness (QED) is 0.608. The number of aromatic nitrogens is 3. The fourth-order valence-corrected chi connectivity index (χ4v) is 3.17. The average Bonchev–Trinajstić information content (AvgIpc) is 3.09. The van der Waals surface area contributed by atoms with E-state index in [-0.39, 0.29) is 12.0 Å². The molecule has 6 heteroatoms. The third-order valence-corrected chi connectivity index (χ3v) is 4.67. The van der Waals surface area contributed by atoms with Gasteiger partial charge in [0.2, 0.25) is 5.91 Å². The van der Waals surface area contributed by atoms with E-state index >= 15 is 0 Å². The third kappa shape index (κ3) is 4.75. The van der Waals surface area contributed by atoms with Gasteiger partial charge in [-0.3, -0.25) is 4.79 Å². The van der Waals surface area contributed by atoms with Crippen molar-refractivity contribution in [3.63, 3.8) is 0 Å². The molecule has 3 aromatic rings. The Labute approximate surface area is 165 Å². The fourth-order valence-electron chi connectivity index (χ4n) is 3.17. The van der Waals surface area contributed by atoms with Crippen molar-refractivity contribution in [2.24, 2.45) is 0 Å². The number of amides is 1. The second-order valence-electron chi connectivity index (χ2n) is 7.23. The minimum Gasteiger partial charge on any atom is -0.379 e. The molecule has 0 atom stereocenters. The average molecular weight is 380 g/mol. The van der Waals surface area contributed by atoms with Gasteiger partial charge in [0.15, 0.2) is 5.65 Å². The summed E-state index contributed by atoms with van der Waals surface area (Å²) in [5, 5.41) is 7.66. The second kappa shape index (κ2) is 8.97. The van der Waals surface area contributed by atoms with Crippen LogP contribution in [0, 0.1) is 13.8 Å². The maximum absolute atomic E-state index is 12.4. The minimum atomic E-state index is -0.00710. The molecule has 1 aromatic carbocycles. The highest BCUT2D eigenvalue weighted by atomic mass is 16.5. The number of hydrogen-bond acceptors (Lipinski definition) is 4. The van der Waals surface area contributed by atoms with Gasteiger partial charge in [-0.1, -0.05) is 30.3 Å². The Hall–Kier alpha value is -2.73. The van der Waals surface area contributed by atoms with E-state index in [9.17, 15) is 4.79 Å². The number of carbonyl (C=O) groups excluding carboxylic acids is 1. The van der Waals surface area contributed by atoms with Crippen molar-refractivity contribution in [1.82, 2.24) is 19.9 Å². The van der Waals surface area contributed by atoms with E-state index in [1.54, 1.807) is 0 Å². The number of rotatable bonds is 8. The highest BCUT2D eigenvalue weighted by molar-refractivity contribution is 5.79. The molecule has 0 aliphatic heterocycles.